The Labute approximate surface area is 158 Å². The fraction of sp³-hybridized carbons (Fsp3) is 0.500. The maximum absolute atomic E-state index is 12.6. The van der Waals surface area contributed by atoms with Crippen LogP contribution in [0, 0.1) is 11.8 Å². The second-order valence-electron chi connectivity index (χ2n) is 7.02. The minimum Gasteiger partial charge on any atom is -0.342 e. The Bertz CT molecular complexity index is 714. The first-order valence-corrected chi connectivity index (χ1v) is 8.79. The molecule has 26 heavy (non-hydrogen) atoms. The Morgan fingerprint density at radius 1 is 1.04 bits per heavy atom. The Morgan fingerprint density at radius 3 is 2.42 bits per heavy atom. The van der Waals surface area contributed by atoms with E-state index in [0.717, 1.165) is 26.2 Å². The fourth-order valence-corrected chi connectivity index (χ4v) is 4.02. The average molecular weight is 379 g/mol. The first kappa shape index (κ1) is 18.7. The number of anilines is 2. The minimum absolute atomic E-state index is 0. The number of likely N-dealkylation sites (tertiary alicyclic amines) is 1. The molecule has 0 spiro atoms. The van der Waals surface area contributed by atoms with Gasteiger partial charge in [-0.25, -0.2) is 0 Å². The van der Waals surface area contributed by atoms with E-state index in [1.807, 2.05) is 23.1 Å². The topological polar surface area (TPSA) is 81.8 Å². The summed E-state index contributed by atoms with van der Waals surface area (Å²) in [5, 5.41) is 6.12. The van der Waals surface area contributed by atoms with E-state index in [9.17, 15) is 14.4 Å². The number of hydrogen-bond acceptors (Lipinski definition) is 4. The van der Waals surface area contributed by atoms with Crippen molar-refractivity contribution in [1.29, 1.82) is 0 Å². The van der Waals surface area contributed by atoms with Gasteiger partial charge in [-0.2, -0.15) is 0 Å². The van der Waals surface area contributed by atoms with E-state index >= 15 is 0 Å². The number of hydrogen-bond donors (Lipinski definition) is 2. The molecule has 0 bridgehead atoms. The summed E-state index contributed by atoms with van der Waals surface area (Å²) in [4.78, 5) is 40.2. The van der Waals surface area contributed by atoms with E-state index in [2.05, 4.69) is 10.6 Å². The minimum atomic E-state index is -0.210. The molecule has 0 aromatic heterocycles. The highest BCUT2D eigenvalue weighted by Gasteiger charge is 2.38. The second kappa shape index (κ2) is 7.63. The quantitative estimate of drug-likeness (QED) is 0.817. The molecule has 2 saturated heterocycles. The highest BCUT2D eigenvalue weighted by Crippen LogP contribution is 2.30. The number of para-hydroxylation sites is 2. The van der Waals surface area contributed by atoms with Gasteiger partial charge in [-0.05, 0) is 24.0 Å². The van der Waals surface area contributed by atoms with E-state index < -0.39 is 0 Å². The molecule has 0 unspecified atom stereocenters. The van der Waals surface area contributed by atoms with Gasteiger partial charge in [0.05, 0.1) is 11.4 Å². The molecule has 3 aliphatic heterocycles. The van der Waals surface area contributed by atoms with Crippen molar-refractivity contribution in [2.45, 2.75) is 12.8 Å². The lowest BCUT2D eigenvalue weighted by molar-refractivity contribution is -0.132. The first-order valence-electron chi connectivity index (χ1n) is 8.79. The molecule has 3 heterocycles. The van der Waals surface area contributed by atoms with Gasteiger partial charge in [0.2, 0.25) is 17.7 Å². The number of carbonyl (C=O) groups excluding carboxylic acids is 3. The van der Waals surface area contributed by atoms with Gasteiger partial charge in [0.15, 0.2) is 0 Å². The van der Waals surface area contributed by atoms with Crippen molar-refractivity contribution in [1.82, 2.24) is 10.2 Å². The van der Waals surface area contributed by atoms with Crippen LogP contribution >= 0.6 is 12.4 Å². The Hall–Kier alpha value is -2.12. The summed E-state index contributed by atoms with van der Waals surface area (Å²) in [5.74, 6) is 0.752. The summed E-state index contributed by atoms with van der Waals surface area (Å²) >= 11 is 0. The van der Waals surface area contributed by atoms with Crippen molar-refractivity contribution in [3.05, 3.63) is 24.3 Å². The van der Waals surface area contributed by atoms with Gasteiger partial charge in [-0.15, -0.1) is 12.4 Å². The summed E-state index contributed by atoms with van der Waals surface area (Å²) in [7, 11) is 0. The normalized spacial score (nSPS) is 23.8. The van der Waals surface area contributed by atoms with Crippen molar-refractivity contribution in [2.75, 3.05) is 42.9 Å². The molecule has 0 radical (unpaired) electrons. The summed E-state index contributed by atoms with van der Waals surface area (Å²) in [6.45, 7) is 3.54. The van der Waals surface area contributed by atoms with Crippen LogP contribution in [0.2, 0.25) is 0 Å². The predicted octanol–water partition coefficient (Wildman–Crippen LogP) is 0.851. The van der Waals surface area contributed by atoms with E-state index in [1.54, 1.807) is 6.07 Å². The van der Waals surface area contributed by atoms with E-state index in [0.29, 0.717) is 23.2 Å². The van der Waals surface area contributed by atoms with Crippen LogP contribution in [0.25, 0.3) is 0 Å². The Morgan fingerprint density at radius 2 is 1.69 bits per heavy atom. The summed E-state index contributed by atoms with van der Waals surface area (Å²) < 4.78 is 0. The lowest BCUT2D eigenvalue weighted by Crippen LogP contribution is -2.42. The molecule has 2 N–H and O–H groups in total. The molecule has 2 fully saturated rings. The molecule has 140 valence electrons. The maximum atomic E-state index is 12.6. The van der Waals surface area contributed by atoms with Crippen molar-refractivity contribution < 1.29 is 14.4 Å². The molecule has 1 aromatic rings. The summed E-state index contributed by atoms with van der Waals surface area (Å²) in [6.07, 6.45) is 0.330. The van der Waals surface area contributed by atoms with Gasteiger partial charge >= 0.3 is 0 Å². The monoisotopic (exact) mass is 378 g/mol. The van der Waals surface area contributed by atoms with Crippen LogP contribution in [0.15, 0.2) is 24.3 Å². The number of rotatable bonds is 3. The van der Waals surface area contributed by atoms with Gasteiger partial charge in [0, 0.05) is 39.0 Å². The molecule has 8 heteroatoms. The number of nitrogens with one attached hydrogen (secondary N) is 2. The summed E-state index contributed by atoms with van der Waals surface area (Å²) in [6, 6.07) is 7.23. The zero-order chi connectivity index (χ0) is 17.4. The highest BCUT2D eigenvalue weighted by atomic mass is 35.5. The second-order valence-corrected chi connectivity index (χ2v) is 7.02. The van der Waals surface area contributed by atoms with Crippen LogP contribution in [0.3, 0.4) is 0 Å². The molecule has 4 rings (SSSR count). The maximum Gasteiger partial charge on any atom is 0.244 e. The standard InChI is InChI=1S/C18H22N4O3.ClH/c23-16-11-22(15-4-2-1-3-14(15)20-16)18(25)6-5-17(24)21-9-12-7-19-8-13(12)10-21;/h1-4,12-13,19H,5-11H2,(H,20,23);1H/t12-,13+;. The van der Waals surface area contributed by atoms with Crippen molar-refractivity contribution in [3.8, 4) is 0 Å². The Balaban J connectivity index is 0.00000196. The third-order valence-corrected chi connectivity index (χ3v) is 5.37. The Kier molecular flexibility index (Phi) is 5.48. The van der Waals surface area contributed by atoms with Crippen LogP contribution < -0.4 is 15.5 Å². The molecule has 7 nitrogen and oxygen atoms in total. The lowest BCUT2D eigenvalue weighted by atomic mass is 10.0. The van der Waals surface area contributed by atoms with Crippen molar-refractivity contribution in [2.24, 2.45) is 11.8 Å². The number of nitrogens with zero attached hydrogens (tertiary/aromatic N) is 2. The van der Waals surface area contributed by atoms with Crippen molar-refractivity contribution in [3.63, 3.8) is 0 Å². The fourth-order valence-electron chi connectivity index (χ4n) is 4.02. The van der Waals surface area contributed by atoms with Crippen LogP contribution in [-0.4, -0.2) is 55.3 Å². The zero-order valence-corrected chi connectivity index (χ0v) is 15.3. The van der Waals surface area contributed by atoms with E-state index in [4.69, 9.17) is 0 Å². The van der Waals surface area contributed by atoms with Crippen LogP contribution in [0.1, 0.15) is 12.8 Å². The molecule has 2 atom stereocenters. The molecular formula is C18H23ClN4O3. The number of amides is 3. The predicted molar refractivity (Wildman–Crippen MR) is 100 cm³/mol. The average Bonchev–Trinajstić information content (AvgIpc) is 3.20. The first-order chi connectivity index (χ1) is 12.1. The molecule has 1 aromatic carbocycles. The smallest absolute Gasteiger partial charge is 0.244 e. The lowest BCUT2D eigenvalue weighted by Gasteiger charge is -2.29. The third kappa shape index (κ3) is 3.54. The zero-order valence-electron chi connectivity index (χ0n) is 14.4. The molecular weight excluding hydrogens is 356 g/mol. The largest absolute Gasteiger partial charge is 0.342 e. The van der Waals surface area contributed by atoms with Crippen molar-refractivity contribution >= 4 is 41.5 Å². The van der Waals surface area contributed by atoms with Crippen LogP contribution in [-0.2, 0) is 14.4 Å². The molecule has 3 aliphatic rings. The molecule has 0 saturated carbocycles. The molecule has 3 amide bonds. The number of fused-ring (bicyclic) bond motifs is 2. The highest BCUT2D eigenvalue weighted by molar-refractivity contribution is 6.10. The van der Waals surface area contributed by atoms with E-state index in [-0.39, 0.29) is 49.5 Å². The SMILES string of the molecule is Cl.O=C1CN(C(=O)CCC(=O)N2C[C@H]3CNC[C@H]3C2)c2ccccc2N1. The number of benzene rings is 1. The van der Waals surface area contributed by atoms with E-state index in [1.165, 1.54) is 4.90 Å². The van der Waals surface area contributed by atoms with Gasteiger partial charge in [-0.3, -0.25) is 14.4 Å². The van der Waals surface area contributed by atoms with Gasteiger partial charge < -0.3 is 20.4 Å². The third-order valence-electron chi connectivity index (χ3n) is 5.37. The molecule has 0 aliphatic carbocycles. The summed E-state index contributed by atoms with van der Waals surface area (Å²) in [5.41, 5.74) is 1.33. The van der Waals surface area contributed by atoms with Gasteiger partial charge in [0.25, 0.3) is 0 Å². The van der Waals surface area contributed by atoms with Gasteiger partial charge in [-0.1, -0.05) is 12.1 Å². The van der Waals surface area contributed by atoms with Gasteiger partial charge in [0.1, 0.15) is 6.54 Å². The number of carbonyl (C=O) groups is 3. The van der Waals surface area contributed by atoms with Crippen LogP contribution in [0.5, 0.6) is 0 Å². The van der Waals surface area contributed by atoms with Crippen LogP contribution in [0.4, 0.5) is 11.4 Å². The number of halogens is 1.